The minimum atomic E-state index is -0.0668. The second-order valence-electron chi connectivity index (χ2n) is 3.60. The molecule has 0 radical (unpaired) electrons. The summed E-state index contributed by atoms with van der Waals surface area (Å²) in [5.41, 5.74) is 0.798. The summed E-state index contributed by atoms with van der Waals surface area (Å²) in [7, 11) is 0. The molecular formula is C13H11BrN2OS. The molecule has 0 aliphatic rings. The van der Waals surface area contributed by atoms with Crippen molar-refractivity contribution in [2.24, 2.45) is 0 Å². The smallest absolute Gasteiger partial charge is 0.221 e. The molecular weight excluding hydrogens is 312 g/mol. The van der Waals surface area contributed by atoms with Crippen LogP contribution in [0.4, 0.5) is 5.69 Å². The van der Waals surface area contributed by atoms with Crippen LogP contribution in [0.1, 0.15) is 6.92 Å². The van der Waals surface area contributed by atoms with Crippen LogP contribution < -0.4 is 5.32 Å². The summed E-state index contributed by atoms with van der Waals surface area (Å²) in [6.07, 6.45) is 1.76. The maximum Gasteiger partial charge on any atom is 0.221 e. The number of carbonyl (C=O) groups is 1. The number of rotatable bonds is 3. The van der Waals surface area contributed by atoms with Crippen molar-refractivity contribution < 1.29 is 4.79 Å². The van der Waals surface area contributed by atoms with Crippen LogP contribution in [-0.2, 0) is 4.79 Å². The highest BCUT2D eigenvalue weighted by atomic mass is 79.9. The van der Waals surface area contributed by atoms with E-state index in [1.807, 2.05) is 36.4 Å². The summed E-state index contributed by atoms with van der Waals surface area (Å²) in [5.74, 6) is -0.0668. The Morgan fingerprint density at radius 2 is 2.00 bits per heavy atom. The standard InChI is InChI=1S/C13H11BrN2OS/c1-9(17)16-10-4-6-11(7-5-10)18-13-12(14)3-2-8-15-13/h2-8H,1H3,(H,16,17). The Hall–Kier alpha value is -1.33. The van der Waals surface area contributed by atoms with Crippen molar-refractivity contribution in [1.29, 1.82) is 0 Å². The Balaban J connectivity index is 2.11. The molecule has 2 aromatic rings. The van der Waals surface area contributed by atoms with Gasteiger partial charge in [0.05, 0.1) is 4.47 Å². The molecule has 0 saturated heterocycles. The number of carbonyl (C=O) groups excluding carboxylic acids is 1. The number of pyridine rings is 1. The number of anilines is 1. The van der Waals surface area contributed by atoms with E-state index < -0.39 is 0 Å². The van der Waals surface area contributed by atoms with Gasteiger partial charge in [0, 0.05) is 23.7 Å². The van der Waals surface area contributed by atoms with Crippen molar-refractivity contribution in [3.05, 3.63) is 47.1 Å². The monoisotopic (exact) mass is 322 g/mol. The van der Waals surface area contributed by atoms with Gasteiger partial charge >= 0.3 is 0 Å². The van der Waals surface area contributed by atoms with E-state index in [1.165, 1.54) is 6.92 Å². The molecule has 1 N–H and O–H groups in total. The molecule has 0 unspecified atom stereocenters. The fourth-order valence-electron chi connectivity index (χ4n) is 1.37. The fraction of sp³-hybridized carbons (Fsp3) is 0.0769. The Morgan fingerprint density at radius 3 is 2.61 bits per heavy atom. The average Bonchev–Trinajstić information content (AvgIpc) is 2.34. The number of amides is 1. The number of halogens is 1. The summed E-state index contributed by atoms with van der Waals surface area (Å²) in [4.78, 5) is 16.3. The normalized spacial score (nSPS) is 10.1. The van der Waals surface area contributed by atoms with Crippen LogP contribution in [0.25, 0.3) is 0 Å². The fourth-order valence-corrected chi connectivity index (χ4v) is 2.64. The summed E-state index contributed by atoms with van der Waals surface area (Å²) < 4.78 is 0.973. The second-order valence-corrected chi connectivity index (χ2v) is 5.51. The minimum Gasteiger partial charge on any atom is -0.326 e. The molecule has 3 nitrogen and oxygen atoms in total. The lowest BCUT2D eigenvalue weighted by molar-refractivity contribution is -0.114. The van der Waals surface area contributed by atoms with Gasteiger partial charge in [-0.1, -0.05) is 11.8 Å². The van der Waals surface area contributed by atoms with E-state index in [0.29, 0.717) is 0 Å². The largest absolute Gasteiger partial charge is 0.326 e. The summed E-state index contributed by atoms with van der Waals surface area (Å²) in [5, 5.41) is 3.66. The van der Waals surface area contributed by atoms with Crippen LogP contribution >= 0.6 is 27.7 Å². The van der Waals surface area contributed by atoms with Gasteiger partial charge in [0.2, 0.25) is 5.91 Å². The van der Waals surface area contributed by atoms with Gasteiger partial charge in [-0.05, 0) is 52.3 Å². The summed E-state index contributed by atoms with van der Waals surface area (Å²) >= 11 is 5.03. The Morgan fingerprint density at radius 1 is 1.28 bits per heavy atom. The van der Waals surface area contributed by atoms with Gasteiger partial charge in [0.25, 0.3) is 0 Å². The molecule has 92 valence electrons. The summed E-state index contributed by atoms with van der Waals surface area (Å²) in [6.45, 7) is 1.49. The molecule has 18 heavy (non-hydrogen) atoms. The topological polar surface area (TPSA) is 42.0 Å². The van der Waals surface area contributed by atoms with Crippen LogP contribution in [-0.4, -0.2) is 10.9 Å². The van der Waals surface area contributed by atoms with Crippen molar-refractivity contribution in [2.45, 2.75) is 16.8 Å². The van der Waals surface area contributed by atoms with E-state index in [4.69, 9.17) is 0 Å². The molecule has 0 atom stereocenters. The van der Waals surface area contributed by atoms with Crippen LogP contribution in [0.15, 0.2) is 57.0 Å². The lowest BCUT2D eigenvalue weighted by atomic mass is 10.3. The minimum absolute atomic E-state index is 0.0668. The number of nitrogens with zero attached hydrogens (tertiary/aromatic N) is 1. The van der Waals surface area contributed by atoms with Gasteiger partial charge in [-0.2, -0.15) is 0 Å². The lowest BCUT2D eigenvalue weighted by Gasteiger charge is -2.05. The molecule has 2 rings (SSSR count). The maximum absolute atomic E-state index is 10.9. The van der Waals surface area contributed by atoms with Crippen LogP contribution in [0.5, 0.6) is 0 Å². The third kappa shape index (κ3) is 3.58. The Kier molecular flexibility index (Phi) is 4.38. The van der Waals surface area contributed by atoms with Crippen LogP contribution in [0, 0.1) is 0 Å². The number of benzene rings is 1. The highest BCUT2D eigenvalue weighted by molar-refractivity contribution is 9.10. The third-order valence-corrected chi connectivity index (χ3v) is 4.04. The number of hydrogen-bond donors (Lipinski definition) is 1. The highest BCUT2D eigenvalue weighted by Gasteiger charge is 2.03. The zero-order chi connectivity index (χ0) is 13.0. The molecule has 0 saturated carbocycles. The molecule has 5 heteroatoms. The number of aromatic nitrogens is 1. The van der Waals surface area contributed by atoms with Crippen LogP contribution in [0.2, 0.25) is 0 Å². The first-order chi connectivity index (χ1) is 8.65. The van der Waals surface area contributed by atoms with Gasteiger partial charge in [-0.3, -0.25) is 4.79 Å². The van der Waals surface area contributed by atoms with E-state index in [1.54, 1.807) is 18.0 Å². The van der Waals surface area contributed by atoms with Crippen LogP contribution in [0.3, 0.4) is 0 Å². The van der Waals surface area contributed by atoms with E-state index in [9.17, 15) is 4.79 Å². The molecule has 0 fully saturated rings. The number of nitrogens with one attached hydrogen (secondary N) is 1. The predicted molar refractivity (Wildman–Crippen MR) is 76.8 cm³/mol. The maximum atomic E-state index is 10.9. The predicted octanol–water partition coefficient (Wildman–Crippen LogP) is 3.95. The molecule has 0 spiro atoms. The Bertz CT molecular complexity index is 557. The first kappa shape index (κ1) is 13.1. The SMILES string of the molecule is CC(=O)Nc1ccc(Sc2ncccc2Br)cc1. The molecule has 1 heterocycles. The van der Waals surface area contributed by atoms with Gasteiger partial charge in [-0.15, -0.1) is 0 Å². The molecule has 1 aromatic heterocycles. The molecule has 0 bridgehead atoms. The van der Waals surface area contributed by atoms with E-state index in [2.05, 4.69) is 26.2 Å². The zero-order valence-corrected chi connectivity index (χ0v) is 12.1. The quantitative estimate of drug-likeness (QED) is 0.930. The third-order valence-electron chi connectivity index (χ3n) is 2.11. The highest BCUT2D eigenvalue weighted by Crippen LogP contribution is 2.31. The molecule has 0 aliphatic heterocycles. The van der Waals surface area contributed by atoms with E-state index in [-0.39, 0.29) is 5.91 Å². The first-order valence-corrected chi connectivity index (χ1v) is 6.92. The van der Waals surface area contributed by atoms with Crippen molar-refractivity contribution in [3.8, 4) is 0 Å². The van der Waals surface area contributed by atoms with Gasteiger partial charge in [0.15, 0.2) is 0 Å². The number of hydrogen-bond acceptors (Lipinski definition) is 3. The van der Waals surface area contributed by atoms with Crippen molar-refractivity contribution in [3.63, 3.8) is 0 Å². The average molecular weight is 323 g/mol. The molecule has 1 aromatic carbocycles. The second kappa shape index (κ2) is 6.02. The van der Waals surface area contributed by atoms with Crippen molar-refractivity contribution in [1.82, 2.24) is 4.98 Å². The van der Waals surface area contributed by atoms with Gasteiger partial charge in [0.1, 0.15) is 5.03 Å². The van der Waals surface area contributed by atoms with E-state index >= 15 is 0 Å². The lowest BCUT2D eigenvalue weighted by Crippen LogP contribution is -2.05. The van der Waals surface area contributed by atoms with Gasteiger partial charge < -0.3 is 5.32 Å². The van der Waals surface area contributed by atoms with Crippen molar-refractivity contribution in [2.75, 3.05) is 5.32 Å². The summed E-state index contributed by atoms with van der Waals surface area (Å²) in [6, 6.07) is 11.5. The zero-order valence-electron chi connectivity index (χ0n) is 9.68. The first-order valence-electron chi connectivity index (χ1n) is 5.31. The van der Waals surface area contributed by atoms with Gasteiger partial charge in [-0.25, -0.2) is 4.98 Å². The molecule has 1 amide bonds. The van der Waals surface area contributed by atoms with E-state index in [0.717, 1.165) is 20.1 Å². The van der Waals surface area contributed by atoms with Crippen molar-refractivity contribution >= 4 is 39.3 Å². The Labute approximate surface area is 118 Å². The molecule has 0 aliphatic carbocycles.